The van der Waals surface area contributed by atoms with Gasteiger partial charge < -0.3 is 20.5 Å². The van der Waals surface area contributed by atoms with E-state index in [2.05, 4.69) is 14.8 Å². The van der Waals surface area contributed by atoms with Crippen molar-refractivity contribution in [1.82, 2.24) is 5.32 Å². The van der Waals surface area contributed by atoms with Gasteiger partial charge in [0.15, 0.2) is 0 Å². The number of methoxy groups -OCH3 is 2. The van der Waals surface area contributed by atoms with Crippen LogP contribution in [-0.2, 0) is 19.1 Å². The highest BCUT2D eigenvalue weighted by Gasteiger charge is 2.21. The molecule has 1 rings (SSSR count). The SMILES string of the molecule is COC(=O)CC[C@@H](NC(=O)c1cccc(C(=O)OC)c1)C(N)=O. The Morgan fingerprint density at radius 3 is 2.35 bits per heavy atom. The molecule has 0 aromatic heterocycles. The van der Waals surface area contributed by atoms with E-state index >= 15 is 0 Å². The zero-order chi connectivity index (χ0) is 17.4. The minimum absolute atomic E-state index is 0.0183. The molecule has 124 valence electrons. The molecule has 8 heteroatoms. The van der Waals surface area contributed by atoms with Gasteiger partial charge in [0.1, 0.15) is 6.04 Å². The number of rotatable bonds is 7. The van der Waals surface area contributed by atoms with Crippen LogP contribution in [0.15, 0.2) is 24.3 Å². The highest BCUT2D eigenvalue weighted by Crippen LogP contribution is 2.08. The summed E-state index contributed by atoms with van der Waals surface area (Å²) in [5.74, 6) is -2.47. The molecule has 3 N–H and O–H groups in total. The highest BCUT2D eigenvalue weighted by atomic mass is 16.5. The summed E-state index contributed by atoms with van der Waals surface area (Å²) >= 11 is 0. The number of carbonyl (C=O) groups is 4. The summed E-state index contributed by atoms with van der Waals surface area (Å²) in [5, 5.41) is 2.42. The Morgan fingerprint density at radius 2 is 1.78 bits per heavy atom. The Balaban J connectivity index is 2.80. The molecule has 0 unspecified atom stereocenters. The van der Waals surface area contributed by atoms with Gasteiger partial charge in [0.25, 0.3) is 5.91 Å². The van der Waals surface area contributed by atoms with E-state index in [4.69, 9.17) is 5.73 Å². The zero-order valence-corrected chi connectivity index (χ0v) is 12.8. The lowest BCUT2D eigenvalue weighted by molar-refractivity contribution is -0.140. The van der Waals surface area contributed by atoms with Gasteiger partial charge in [0.2, 0.25) is 5.91 Å². The van der Waals surface area contributed by atoms with Crippen LogP contribution in [-0.4, -0.2) is 44.0 Å². The van der Waals surface area contributed by atoms with Gasteiger partial charge in [0.05, 0.1) is 19.8 Å². The molecule has 8 nitrogen and oxygen atoms in total. The first-order valence-electron chi connectivity index (χ1n) is 6.74. The average Bonchev–Trinajstić information content (AvgIpc) is 2.56. The van der Waals surface area contributed by atoms with Crippen LogP contribution >= 0.6 is 0 Å². The Kier molecular flexibility index (Phi) is 6.72. The van der Waals surface area contributed by atoms with Gasteiger partial charge >= 0.3 is 11.9 Å². The number of esters is 2. The molecule has 0 radical (unpaired) electrons. The van der Waals surface area contributed by atoms with Gasteiger partial charge in [-0.1, -0.05) is 6.07 Å². The van der Waals surface area contributed by atoms with Crippen molar-refractivity contribution >= 4 is 23.8 Å². The van der Waals surface area contributed by atoms with Crippen molar-refractivity contribution in [3.05, 3.63) is 35.4 Å². The maximum absolute atomic E-state index is 12.1. The molecule has 0 fully saturated rings. The number of hydrogen-bond acceptors (Lipinski definition) is 6. The summed E-state index contributed by atoms with van der Waals surface area (Å²) in [6.45, 7) is 0. The maximum atomic E-state index is 12.1. The van der Waals surface area contributed by atoms with Crippen molar-refractivity contribution < 1.29 is 28.7 Å². The number of carbonyl (C=O) groups excluding carboxylic acids is 4. The average molecular weight is 322 g/mol. The van der Waals surface area contributed by atoms with Crippen LogP contribution in [0.1, 0.15) is 33.6 Å². The minimum Gasteiger partial charge on any atom is -0.469 e. The lowest BCUT2D eigenvalue weighted by Gasteiger charge is -2.15. The Bertz CT molecular complexity index is 614. The number of hydrogen-bond donors (Lipinski definition) is 2. The topological polar surface area (TPSA) is 125 Å². The van der Waals surface area contributed by atoms with Crippen LogP contribution in [0.5, 0.6) is 0 Å². The Morgan fingerprint density at radius 1 is 1.13 bits per heavy atom. The summed E-state index contributed by atoms with van der Waals surface area (Å²) in [6.07, 6.45) is -0.0446. The molecule has 0 bridgehead atoms. The monoisotopic (exact) mass is 322 g/mol. The molecule has 1 aromatic rings. The number of ether oxygens (including phenoxy) is 2. The highest BCUT2D eigenvalue weighted by molar-refractivity contribution is 5.99. The fraction of sp³-hybridized carbons (Fsp3) is 0.333. The van der Waals surface area contributed by atoms with Gasteiger partial charge in [-0.2, -0.15) is 0 Å². The second kappa shape index (κ2) is 8.52. The Hall–Kier alpha value is -2.90. The van der Waals surface area contributed by atoms with Crippen LogP contribution < -0.4 is 11.1 Å². The summed E-state index contributed by atoms with van der Waals surface area (Å²) < 4.78 is 9.04. The third-order valence-corrected chi connectivity index (χ3v) is 3.06. The molecule has 0 aliphatic carbocycles. The van der Waals surface area contributed by atoms with E-state index in [-0.39, 0.29) is 24.0 Å². The maximum Gasteiger partial charge on any atom is 0.337 e. The van der Waals surface area contributed by atoms with E-state index < -0.39 is 29.8 Å². The largest absolute Gasteiger partial charge is 0.469 e. The van der Waals surface area contributed by atoms with Crippen LogP contribution in [0.4, 0.5) is 0 Å². The third-order valence-electron chi connectivity index (χ3n) is 3.06. The molecule has 0 saturated carbocycles. The third kappa shape index (κ3) is 5.42. The first-order chi connectivity index (χ1) is 10.9. The van der Waals surface area contributed by atoms with Crippen LogP contribution in [0.3, 0.4) is 0 Å². The molecule has 23 heavy (non-hydrogen) atoms. The molecular weight excluding hydrogens is 304 g/mol. The number of primary amides is 1. The second-order valence-electron chi connectivity index (χ2n) is 4.62. The molecule has 0 aliphatic heterocycles. The molecular formula is C15H18N2O6. The van der Waals surface area contributed by atoms with Crippen molar-refractivity contribution in [2.75, 3.05) is 14.2 Å². The molecule has 0 saturated heterocycles. The van der Waals surface area contributed by atoms with Gasteiger partial charge in [-0.3, -0.25) is 14.4 Å². The summed E-state index contributed by atoms with van der Waals surface area (Å²) in [5.41, 5.74) is 5.57. The number of nitrogens with two attached hydrogens (primary N) is 1. The molecule has 1 atom stereocenters. The molecule has 0 aliphatic rings. The van der Waals surface area contributed by atoms with E-state index in [9.17, 15) is 19.2 Å². The van der Waals surface area contributed by atoms with E-state index in [1.165, 1.54) is 38.5 Å². The molecule has 2 amide bonds. The quantitative estimate of drug-likeness (QED) is 0.681. The van der Waals surface area contributed by atoms with Crippen molar-refractivity contribution in [2.24, 2.45) is 5.73 Å². The molecule has 0 heterocycles. The first kappa shape index (κ1) is 18.1. The normalized spacial score (nSPS) is 11.2. The summed E-state index contributed by atoms with van der Waals surface area (Å²) in [4.78, 5) is 46.1. The van der Waals surface area contributed by atoms with E-state index in [1.807, 2.05) is 0 Å². The van der Waals surface area contributed by atoms with E-state index in [0.29, 0.717) is 0 Å². The van der Waals surface area contributed by atoms with Gasteiger partial charge in [-0.15, -0.1) is 0 Å². The lowest BCUT2D eigenvalue weighted by atomic mass is 10.1. The Labute approximate surface area is 132 Å². The lowest BCUT2D eigenvalue weighted by Crippen LogP contribution is -2.44. The summed E-state index contributed by atoms with van der Waals surface area (Å²) in [7, 11) is 2.45. The number of amides is 2. The van der Waals surface area contributed by atoms with Gasteiger partial charge in [0, 0.05) is 12.0 Å². The zero-order valence-electron chi connectivity index (χ0n) is 12.8. The minimum atomic E-state index is -1.02. The van der Waals surface area contributed by atoms with Crippen molar-refractivity contribution in [3.8, 4) is 0 Å². The van der Waals surface area contributed by atoms with Gasteiger partial charge in [-0.05, 0) is 24.6 Å². The van der Waals surface area contributed by atoms with Crippen molar-refractivity contribution in [1.29, 1.82) is 0 Å². The number of benzene rings is 1. The van der Waals surface area contributed by atoms with E-state index in [1.54, 1.807) is 0 Å². The van der Waals surface area contributed by atoms with Crippen LogP contribution in [0.25, 0.3) is 0 Å². The number of nitrogens with one attached hydrogen (secondary N) is 1. The standard InChI is InChI=1S/C15H18N2O6/c1-22-12(18)7-6-11(13(16)19)17-14(20)9-4-3-5-10(8-9)15(21)23-2/h3-5,8,11H,6-7H2,1-2H3,(H2,16,19)(H,17,20)/t11-/m1/s1. The van der Waals surface area contributed by atoms with Crippen molar-refractivity contribution in [3.63, 3.8) is 0 Å². The predicted octanol–water partition coefficient (Wildman–Crippen LogP) is 0.0101. The smallest absolute Gasteiger partial charge is 0.337 e. The van der Waals surface area contributed by atoms with Crippen LogP contribution in [0.2, 0.25) is 0 Å². The molecule has 0 spiro atoms. The molecule has 1 aromatic carbocycles. The fourth-order valence-corrected chi connectivity index (χ4v) is 1.80. The van der Waals surface area contributed by atoms with E-state index in [0.717, 1.165) is 0 Å². The predicted molar refractivity (Wildman–Crippen MR) is 79.5 cm³/mol. The second-order valence-corrected chi connectivity index (χ2v) is 4.62. The van der Waals surface area contributed by atoms with Gasteiger partial charge in [-0.25, -0.2) is 4.79 Å². The van der Waals surface area contributed by atoms with Crippen LogP contribution in [0, 0.1) is 0 Å². The summed E-state index contributed by atoms with van der Waals surface area (Å²) in [6, 6.07) is 4.78. The van der Waals surface area contributed by atoms with Crippen molar-refractivity contribution in [2.45, 2.75) is 18.9 Å². The first-order valence-corrected chi connectivity index (χ1v) is 6.74. The fourth-order valence-electron chi connectivity index (χ4n) is 1.80.